The van der Waals surface area contributed by atoms with Crippen molar-refractivity contribution in [2.45, 2.75) is 23.2 Å². The average molecular weight is 463 g/mol. The number of sulfonamides is 1. The Labute approximate surface area is 190 Å². The number of carbonyl (C=O) groups excluding carboxylic acids is 1. The van der Waals surface area contributed by atoms with Gasteiger partial charge in [-0.15, -0.1) is 0 Å². The summed E-state index contributed by atoms with van der Waals surface area (Å²) < 4.78 is 28.5. The minimum Gasteiger partial charge on any atom is -0.351 e. The van der Waals surface area contributed by atoms with Gasteiger partial charge >= 0.3 is 5.69 Å². The smallest absolute Gasteiger partial charge is 0.323 e. The topological polar surface area (TPSA) is 124 Å². The molecule has 1 amide bonds. The van der Waals surface area contributed by atoms with Gasteiger partial charge in [0.25, 0.3) is 15.9 Å². The van der Waals surface area contributed by atoms with Crippen LogP contribution in [-0.2, 0) is 15.4 Å². The number of anilines is 1. The number of hydrogen-bond acceptors (Lipinski definition) is 4. The number of fused-ring (bicyclic) bond motifs is 1. The largest absolute Gasteiger partial charge is 0.351 e. The zero-order chi connectivity index (χ0) is 23.1. The van der Waals surface area contributed by atoms with Gasteiger partial charge in [0.1, 0.15) is 0 Å². The second-order valence-electron chi connectivity index (χ2n) is 8.27. The van der Waals surface area contributed by atoms with Crippen LogP contribution < -0.4 is 15.7 Å². The Kier molecular flexibility index (Phi) is 5.05. The Balaban J connectivity index is 1.36. The zero-order valence-electron chi connectivity index (χ0n) is 17.6. The third-order valence-corrected chi connectivity index (χ3v) is 7.40. The summed E-state index contributed by atoms with van der Waals surface area (Å²) in [6.07, 6.45) is 1.99. The number of H-pyrrole nitrogens is 2. The summed E-state index contributed by atoms with van der Waals surface area (Å²) in [5.74, 6) is -0.346. The fourth-order valence-electron chi connectivity index (χ4n) is 4.01. The predicted molar refractivity (Wildman–Crippen MR) is 126 cm³/mol. The van der Waals surface area contributed by atoms with E-state index in [0.717, 1.165) is 12.8 Å². The third-order valence-electron chi connectivity index (χ3n) is 6.04. The molecule has 168 valence electrons. The second kappa shape index (κ2) is 7.93. The van der Waals surface area contributed by atoms with Crippen LogP contribution in [0, 0.1) is 0 Å². The minimum atomic E-state index is -3.99. The molecule has 1 aromatic heterocycles. The first-order valence-corrected chi connectivity index (χ1v) is 12.0. The number of nitrogens with one attached hydrogen (secondary N) is 4. The predicted octanol–water partition coefficient (Wildman–Crippen LogP) is 3.12. The molecule has 33 heavy (non-hydrogen) atoms. The molecule has 9 heteroatoms. The van der Waals surface area contributed by atoms with Gasteiger partial charge in [0, 0.05) is 12.0 Å². The second-order valence-corrected chi connectivity index (χ2v) is 9.95. The summed E-state index contributed by atoms with van der Waals surface area (Å²) in [5, 5.41) is 2.98. The Morgan fingerprint density at radius 3 is 2.36 bits per heavy atom. The standard InChI is InChI=1S/C24H22N4O4S/c29-22(25-15-24(12-13-24)16-6-2-1-3-7-16)18-8-4-5-9-19(18)28-33(31,32)17-10-11-20-21(14-17)27-23(30)26-20/h1-11,14,28H,12-13,15H2,(H,25,29)(H2,26,27,30). The maximum atomic E-state index is 13.0. The molecular formula is C24H22N4O4S. The molecule has 3 aromatic carbocycles. The highest BCUT2D eigenvalue weighted by molar-refractivity contribution is 7.92. The normalized spacial score (nSPS) is 14.7. The van der Waals surface area contributed by atoms with Crippen LogP contribution in [0.15, 0.2) is 82.5 Å². The molecule has 1 fully saturated rings. The number of amides is 1. The maximum absolute atomic E-state index is 13.0. The Morgan fingerprint density at radius 2 is 1.61 bits per heavy atom. The van der Waals surface area contributed by atoms with Gasteiger partial charge in [0.05, 0.1) is 27.2 Å². The quantitative estimate of drug-likeness (QED) is 0.337. The highest BCUT2D eigenvalue weighted by Gasteiger charge is 2.44. The fraction of sp³-hybridized carbons (Fsp3) is 0.167. The lowest BCUT2D eigenvalue weighted by atomic mass is 9.96. The molecule has 1 heterocycles. The molecule has 5 rings (SSSR count). The van der Waals surface area contributed by atoms with Crippen LogP contribution in [-0.4, -0.2) is 30.8 Å². The molecule has 0 aliphatic heterocycles. The van der Waals surface area contributed by atoms with Gasteiger partial charge in [-0.2, -0.15) is 0 Å². The van der Waals surface area contributed by atoms with Crippen LogP contribution in [0.3, 0.4) is 0 Å². The number of para-hydroxylation sites is 1. The van der Waals surface area contributed by atoms with Crippen molar-refractivity contribution in [3.05, 3.63) is 94.4 Å². The van der Waals surface area contributed by atoms with Crippen LogP contribution in [0.25, 0.3) is 11.0 Å². The van der Waals surface area contributed by atoms with Crippen molar-refractivity contribution in [3.63, 3.8) is 0 Å². The van der Waals surface area contributed by atoms with Gasteiger partial charge in [-0.3, -0.25) is 9.52 Å². The number of imidazole rings is 1. The van der Waals surface area contributed by atoms with Crippen molar-refractivity contribution in [1.29, 1.82) is 0 Å². The van der Waals surface area contributed by atoms with Crippen molar-refractivity contribution in [3.8, 4) is 0 Å². The Bertz CT molecular complexity index is 1500. The van der Waals surface area contributed by atoms with Crippen LogP contribution >= 0.6 is 0 Å². The minimum absolute atomic E-state index is 0.0264. The summed E-state index contributed by atoms with van der Waals surface area (Å²) in [6, 6.07) is 20.8. The SMILES string of the molecule is O=C(NCC1(c2ccccc2)CC1)c1ccccc1NS(=O)(=O)c1ccc2[nH]c(=O)[nH]c2c1. The summed E-state index contributed by atoms with van der Waals surface area (Å²) in [7, 11) is -3.99. The number of hydrogen-bond donors (Lipinski definition) is 4. The molecule has 1 aliphatic carbocycles. The highest BCUT2D eigenvalue weighted by atomic mass is 32.2. The van der Waals surface area contributed by atoms with Gasteiger partial charge in [0.2, 0.25) is 0 Å². The van der Waals surface area contributed by atoms with Gasteiger partial charge in [-0.1, -0.05) is 42.5 Å². The molecule has 0 atom stereocenters. The van der Waals surface area contributed by atoms with Gasteiger partial charge in [-0.25, -0.2) is 13.2 Å². The number of aromatic nitrogens is 2. The molecule has 0 spiro atoms. The van der Waals surface area contributed by atoms with E-state index in [-0.39, 0.29) is 27.5 Å². The average Bonchev–Trinajstić information content (AvgIpc) is 3.51. The highest BCUT2D eigenvalue weighted by Crippen LogP contribution is 2.47. The molecule has 4 aromatic rings. The maximum Gasteiger partial charge on any atom is 0.323 e. The van der Waals surface area contributed by atoms with Crippen LogP contribution in [0.1, 0.15) is 28.8 Å². The molecule has 0 radical (unpaired) electrons. The van der Waals surface area contributed by atoms with E-state index < -0.39 is 15.7 Å². The monoisotopic (exact) mass is 462 g/mol. The van der Waals surface area contributed by atoms with Crippen molar-refractivity contribution in [1.82, 2.24) is 15.3 Å². The Hall–Kier alpha value is -3.85. The van der Waals surface area contributed by atoms with Crippen LogP contribution in [0.4, 0.5) is 5.69 Å². The van der Waals surface area contributed by atoms with Gasteiger partial charge in [0.15, 0.2) is 0 Å². The first kappa shape index (κ1) is 21.0. The number of carbonyl (C=O) groups is 1. The molecular weight excluding hydrogens is 440 g/mol. The van der Waals surface area contributed by atoms with Crippen molar-refractivity contribution in [2.75, 3.05) is 11.3 Å². The molecule has 1 aliphatic rings. The van der Waals surface area contributed by atoms with E-state index in [4.69, 9.17) is 0 Å². The van der Waals surface area contributed by atoms with E-state index >= 15 is 0 Å². The van der Waals surface area contributed by atoms with E-state index in [1.54, 1.807) is 24.3 Å². The molecule has 8 nitrogen and oxygen atoms in total. The first-order chi connectivity index (χ1) is 15.9. The Morgan fingerprint density at radius 1 is 0.909 bits per heavy atom. The summed E-state index contributed by atoms with van der Waals surface area (Å²) >= 11 is 0. The summed E-state index contributed by atoms with van der Waals surface area (Å²) in [6.45, 7) is 0.481. The number of benzene rings is 3. The van der Waals surface area contributed by atoms with Gasteiger partial charge in [-0.05, 0) is 48.7 Å². The van der Waals surface area contributed by atoms with E-state index in [2.05, 4.69) is 32.1 Å². The van der Waals surface area contributed by atoms with E-state index in [0.29, 0.717) is 17.6 Å². The molecule has 0 unspecified atom stereocenters. The molecule has 0 bridgehead atoms. The third kappa shape index (κ3) is 4.14. The van der Waals surface area contributed by atoms with E-state index in [9.17, 15) is 18.0 Å². The fourth-order valence-corrected chi connectivity index (χ4v) is 5.11. The van der Waals surface area contributed by atoms with Crippen LogP contribution in [0.2, 0.25) is 0 Å². The molecule has 4 N–H and O–H groups in total. The van der Waals surface area contributed by atoms with E-state index in [1.807, 2.05) is 18.2 Å². The van der Waals surface area contributed by atoms with Gasteiger partial charge < -0.3 is 15.3 Å². The van der Waals surface area contributed by atoms with E-state index in [1.165, 1.54) is 23.8 Å². The van der Waals surface area contributed by atoms with Crippen molar-refractivity contribution >= 4 is 32.7 Å². The number of aromatic amines is 2. The lowest BCUT2D eigenvalue weighted by Gasteiger charge is -2.18. The first-order valence-electron chi connectivity index (χ1n) is 10.5. The number of rotatable bonds is 7. The zero-order valence-corrected chi connectivity index (χ0v) is 18.4. The van der Waals surface area contributed by atoms with Crippen molar-refractivity contribution < 1.29 is 13.2 Å². The summed E-state index contributed by atoms with van der Waals surface area (Å²) in [5.41, 5.74) is 2.02. The van der Waals surface area contributed by atoms with Crippen LogP contribution in [0.5, 0.6) is 0 Å². The summed E-state index contributed by atoms with van der Waals surface area (Å²) in [4.78, 5) is 29.5. The molecule has 0 saturated heterocycles. The lowest BCUT2D eigenvalue weighted by molar-refractivity contribution is 0.0950. The molecule has 1 saturated carbocycles. The lowest BCUT2D eigenvalue weighted by Crippen LogP contribution is -2.32. The van der Waals surface area contributed by atoms with Crippen molar-refractivity contribution in [2.24, 2.45) is 0 Å².